The van der Waals surface area contributed by atoms with E-state index in [1.807, 2.05) is 68.4 Å². The van der Waals surface area contributed by atoms with Gasteiger partial charge in [-0.15, -0.1) is 0 Å². The average molecular weight is 432 g/mol. The molecule has 4 aromatic rings. The fourth-order valence-corrected chi connectivity index (χ4v) is 6.35. The SMILES string of the molecule is COc1ccccc1[C@@H]1C[C@@H]1c1c(C)c2ccccc2n1S(=O)(=O)c1ccc(C)cc1. The zero-order valence-electron chi connectivity index (χ0n) is 17.9. The van der Waals surface area contributed by atoms with Crippen LogP contribution in [-0.2, 0) is 10.0 Å². The zero-order valence-corrected chi connectivity index (χ0v) is 18.7. The predicted octanol–water partition coefficient (Wildman–Crippen LogP) is 5.77. The van der Waals surface area contributed by atoms with Crippen LogP contribution < -0.4 is 4.74 Å². The summed E-state index contributed by atoms with van der Waals surface area (Å²) >= 11 is 0. The van der Waals surface area contributed by atoms with Crippen LogP contribution in [0.3, 0.4) is 0 Å². The summed E-state index contributed by atoms with van der Waals surface area (Å²) in [6.45, 7) is 4.00. The lowest BCUT2D eigenvalue weighted by Gasteiger charge is -2.14. The van der Waals surface area contributed by atoms with E-state index < -0.39 is 10.0 Å². The molecule has 0 amide bonds. The molecule has 5 heteroatoms. The van der Waals surface area contributed by atoms with E-state index in [1.165, 1.54) is 0 Å². The quantitative estimate of drug-likeness (QED) is 0.403. The van der Waals surface area contributed by atoms with Crippen LogP contribution in [0.1, 0.15) is 40.6 Å². The Bertz CT molecular complexity index is 1380. The van der Waals surface area contributed by atoms with E-state index >= 15 is 0 Å². The number of nitrogens with zero attached hydrogens (tertiary/aromatic N) is 1. The molecule has 0 spiro atoms. The molecule has 158 valence electrons. The molecule has 31 heavy (non-hydrogen) atoms. The third-order valence-corrected chi connectivity index (χ3v) is 8.11. The molecule has 1 heterocycles. The van der Waals surface area contributed by atoms with Gasteiger partial charge in [-0.2, -0.15) is 0 Å². The van der Waals surface area contributed by atoms with E-state index in [-0.39, 0.29) is 11.8 Å². The van der Waals surface area contributed by atoms with E-state index in [4.69, 9.17) is 4.74 Å². The van der Waals surface area contributed by atoms with Gasteiger partial charge in [0.25, 0.3) is 10.0 Å². The molecule has 0 aliphatic heterocycles. The van der Waals surface area contributed by atoms with Crippen molar-refractivity contribution in [2.75, 3.05) is 7.11 Å². The van der Waals surface area contributed by atoms with E-state index in [0.717, 1.165) is 45.5 Å². The molecule has 1 aliphatic carbocycles. The second-order valence-electron chi connectivity index (χ2n) is 8.30. The van der Waals surface area contributed by atoms with Crippen LogP contribution >= 0.6 is 0 Å². The predicted molar refractivity (Wildman–Crippen MR) is 124 cm³/mol. The minimum Gasteiger partial charge on any atom is -0.496 e. The number of rotatable bonds is 5. The zero-order chi connectivity index (χ0) is 21.8. The van der Waals surface area contributed by atoms with Crippen molar-refractivity contribution in [2.24, 2.45) is 0 Å². The van der Waals surface area contributed by atoms with E-state index in [9.17, 15) is 8.42 Å². The molecular formula is C26H25NO3S. The second-order valence-corrected chi connectivity index (χ2v) is 10.1. The summed E-state index contributed by atoms with van der Waals surface area (Å²) in [4.78, 5) is 0.314. The Morgan fingerprint density at radius 3 is 2.29 bits per heavy atom. The molecule has 5 rings (SSSR count). The maximum absolute atomic E-state index is 13.8. The number of aryl methyl sites for hydroxylation is 2. The summed E-state index contributed by atoms with van der Waals surface area (Å²) in [6, 6.07) is 22.9. The fraction of sp³-hybridized carbons (Fsp3) is 0.231. The molecule has 0 N–H and O–H groups in total. The largest absolute Gasteiger partial charge is 0.496 e. The van der Waals surface area contributed by atoms with Crippen molar-refractivity contribution in [1.29, 1.82) is 0 Å². The van der Waals surface area contributed by atoms with Crippen LogP contribution in [0.2, 0.25) is 0 Å². The molecule has 1 aromatic heterocycles. The van der Waals surface area contributed by atoms with Crippen molar-refractivity contribution in [1.82, 2.24) is 3.97 Å². The van der Waals surface area contributed by atoms with Crippen LogP contribution in [0, 0.1) is 13.8 Å². The van der Waals surface area contributed by atoms with Gasteiger partial charge in [0.1, 0.15) is 5.75 Å². The highest BCUT2D eigenvalue weighted by Gasteiger charge is 2.45. The van der Waals surface area contributed by atoms with E-state index in [1.54, 1.807) is 23.2 Å². The number of fused-ring (bicyclic) bond motifs is 1. The van der Waals surface area contributed by atoms with Crippen LogP contribution in [0.5, 0.6) is 5.75 Å². The minimum absolute atomic E-state index is 0.129. The van der Waals surface area contributed by atoms with Crippen molar-refractivity contribution < 1.29 is 13.2 Å². The maximum atomic E-state index is 13.8. The number of hydrogen-bond acceptors (Lipinski definition) is 3. The number of methoxy groups -OCH3 is 1. The third kappa shape index (κ3) is 3.15. The van der Waals surface area contributed by atoms with Crippen LogP contribution in [0.15, 0.2) is 77.7 Å². The Hall–Kier alpha value is -3.05. The monoisotopic (exact) mass is 431 g/mol. The van der Waals surface area contributed by atoms with Gasteiger partial charge < -0.3 is 4.74 Å². The minimum atomic E-state index is -3.73. The highest BCUT2D eigenvalue weighted by Crippen LogP contribution is 2.58. The van der Waals surface area contributed by atoms with Gasteiger partial charge in [0.2, 0.25) is 0 Å². The number of hydrogen-bond donors (Lipinski definition) is 0. The fourth-order valence-electron chi connectivity index (χ4n) is 4.70. The normalized spacial score (nSPS) is 18.3. The maximum Gasteiger partial charge on any atom is 0.268 e. The van der Waals surface area contributed by atoms with E-state index in [2.05, 4.69) is 6.07 Å². The summed E-state index contributed by atoms with van der Waals surface area (Å²) < 4.78 is 34.8. The second kappa shape index (κ2) is 7.27. The first-order valence-electron chi connectivity index (χ1n) is 10.5. The number of benzene rings is 3. The highest BCUT2D eigenvalue weighted by molar-refractivity contribution is 7.90. The van der Waals surface area contributed by atoms with Gasteiger partial charge in [0.05, 0.1) is 17.5 Å². The number of para-hydroxylation sites is 2. The average Bonchev–Trinajstić information content (AvgIpc) is 3.51. The van der Waals surface area contributed by atoms with Crippen molar-refractivity contribution in [3.8, 4) is 5.75 Å². The molecule has 4 nitrogen and oxygen atoms in total. The topological polar surface area (TPSA) is 48.3 Å². The first kappa shape index (κ1) is 19.9. The lowest BCUT2D eigenvalue weighted by atomic mass is 10.0. The Morgan fingerprint density at radius 1 is 0.871 bits per heavy atom. The van der Waals surface area contributed by atoms with Gasteiger partial charge in [-0.1, -0.05) is 54.1 Å². The molecule has 1 fully saturated rings. The first-order chi connectivity index (χ1) is 14.9. The van der Waals surface area contributed by atoms with Crippen LogP contribution in [-0.4, -0.2) is 19.5 Å². The molecule has 1 aliphatic rings. The summed E-state index contributed by atoms with van der Waals surface area (Å²) in [6.07, 6.45) is 0.904. The molecule has 1 saturated carbocycles. The summed E-state index contributed by atoms with van der Waals surface area (Å²) in [5.74, 6) is 1.23. The Balaban J connectivity index is 1.70. The highest BCUT2D eigenvalue weighted by atomic mass is 32.2. The van der Waals surface area contributed by atoms with Crippen molar-refractivity contribution >= 4 is 20.9 Å². The van der Waals surface area contributed by atoms with Crippen molar-refractivity contribution in [3.05, 3.63) is 95.2 Å². The van der Waals surface area contributed by atoms with Gasteiger partial charge in [0, 0.05) is 17.0 Å². The summed E-state index contributed by atoms with van der Waals surface area (Å²) in [7, 11) is -2.05. The molecular weight excluding hydrogens is 406 g/mol. The first-order valence-corrected chi connectivity index (χ1v) is 11.9. The van der Waals surface area contributed by atoms with Gasteiger partial charge >= 0.3 is 0 Å². The van der Waals surface area contributed by atoms with Crippen molar-refractivity contribution in [3.63, 3.8) is 0 Å². The summed E-state index contributed by atoms with van der Waals surface area (Å²) in [5.41, 5.74) is 4.83. The Kier molecular flexibility index (Phi) is 4.67. The molecule has 3 aromatic carbocycles. The molecule has 0 radical (unpaired) electrons. The standard InChI is InChI=1S/C26H25NO3S/c1-17-12-14-19(15-13-17)31(28,29)27-24-10-6-4-8-20(24)18(2)26(27)23-16-22(23)21-9-5-7-11-25(21)30-3/h4-15,22-23H,16H2,1-3H3/t22-,23-/m0/s1. The number of aromatic nitrogens is 1. The lowest BCUT2D eigenvalue weighted by molar-refractivity contribution is 0.409. The molecule has 0 saturated heterocycles. The van der Waals surface area contributed by atoms with Gasteiger partial charge in [-0.3, -0.25) is 0 Å². The van der Waals surface area contributed by atoms with Gasteiger partial charge in [-0.05, 0) is 61.6 Å². The Morgan fingerprint density at radius 2 is 1.55 bits per heavy atom. The molecule has 0 bridgehead atoms. The molecule has 0 unspecified atom stereocenters. The van der Waals surface area contributed by atoms with Gasteiger partial charge in [-0.25, -0.2) is 12.4 Å². The third-order valence-electron chi connectivity index (χ3n) is 6.37. The lowest BCUT2D eigenvalue weighted by Crippen LogP contribution is -2.16. The van der Waals surface area contributed by atoms with E-state index in [0.29, 0.717) is 4.90 Å². The summed E-state index contributed by atoms with van der Waals surface area (Å²) in [5, 5.41) is 0.985. The number of ether oxygens (including phenoxy) is 1. The van der Waals surface area contributed by atoms with Crippen LogP contribution in [0.4, 0.5) is 0 Å². The van der Waals surface area contributed by atoms with Gasteiger partial charge in [0.15, 0.2) is 0 Å². The smallest absolute Gasteiger partial charge is 0.268 e. The molecule has 2 atom stereocenters. The van der Waals surface area contributed by atoms with Crippen LogP contribution in [0.25, 0.3) is 10.9 Å². The Labute approximate surface area is 183 Å². The van der Waals surface area contributed by atoms with Crippen molar-refractivity contribution in [2.45, 2.75) is 37.0 Å².